The quantitative estimate of drug-likeness (QED) is 0.432. The zero-order valence-electron chi connectivity index (χ0n) is 19.4. The number of fused-ring (bicyclic) bond motifs is 1. The van der Waals surface area contributed by atoms with E-state index in [1.165, 1.54) is 12.2 Å². The Morgan fingerprint density at radius 1 is 1.11 bits per heavy atom. The average molecular weight is 476 g/mol. The molecule has 1 aliphatic heterocycles. The van der Waals surface area contributed by atoms with Gasteiger partial charge in [-0.1, -0.05) is 18.2 Å². The molecule has 1 aromatic carbocycles. The topological polar surface area (TPSA) is 130 Å². The van der Waals surface area contributed by atoms with Crippen LogP contribution in [0.2, 0.25) is 0 Å². The second-order valence-electron chi connectivity index (χ2n) is 8.46. The number of aryl methyl sites for hydroxylation is 1. The molecule has 11 nitrogen and oxygen atoms in total. The summed E-state index contributed by atoms with van der Waals surface area (Å²) >= 11 is 0. The number of hydroxylamine groups is 2. The lowest BCUT2D eigenvalue weighted by Gasteiger charge is -2.36. The number of piperidine rings is 1. The predicted octanol–water partition coefficient (Wildman–Crippen LogP) is 2.20. The van der Waals surface area contributed by atoms with E-state index in [1.807, 2.05) is 19.3 Å². The number of ether oxygens (including phenoxy) is 1. The Bertz CT molecular complexity index is 1380. The molecule has 0 unspecified atom stereocenters. The molecule has 0 bridgehead atoms. The fourth-order valence-electron chi connectivity index (χ4n) is 4.36. The van der Waals surface area contributed by atoms with Gasteiger partial charge in [0, 0.05) is 42.9 Å². The normalized spacial score (nSPS) is 18.5. The Balaban J connectivity index is 1.46. The van der Waals surface area contributed by atoms with Crippen molar-refractivity contribution in [2.24, 2.45) is 7.05 Å². The number of esters is 1. The van der Waals surface area contributed by atoms with E-state index in [2.05, 4.69) is 10.2 Å². The summed E-state index contributed by atoms with van der Waals surface area (Å²) < 4.78 is 8.24. The first-order valence-electron chi connectivity index (χ1n) is 11.2. The van der Waals surface area contributed by atoms with E-state index in [9.17, 15) is 9.59 Å². The number of rotatable bonds is 5. The minimum atomic E-state index is -0.703. The van der Waals surface area contributed by atoms with Crippen LogP contribution in [0.5, 0.6) is 0 Å². The number of nitrogens with two attached hydrogens (primary N) is 1. The Morgan fingerprint density at radius 2 is 1.91 bits per heavy atom. The van der Waals surface area contributed by atoms with Crippen LogP contribution in [0.15, 0.2) is 55.0 Å². The van der Waals surface area contributed by atoms with Gasteiger partial charge in [0.25, 0.3) is 0 Å². The summed E-state index contributed by atoms with van der Waals surface area (Å²) in [5.74, 6) is -0.703. The molecule has 1 aliphatic rings. The summed E-state index contributed by atoms with van der Waals surface area (Å²) in [4.78, 5) is 35.7. The van der Waals surface area contributed by atoms with Crippen molar-refractivity contribution in [3.8, 4) is 11.1 Å². The first-order chi connectivity index (χ1) is 16.9. The van der Waals surface area contributed by atoms with Crippen LogP contribution in [0.3, 0.4) is 0 Å². The van der Waals surface area contributed by atoms with E-state index in [4.69, 9.17) is 20.3 Å². The molecule has 180 valence electrons. The summed E-state index contributed by atoms with van der Waals surface area (Å²) in [5, 5.41) is 10.0. The molecule has 35 heavy (non-hydrogen) atoms. The van der Waals surface area contributed by atoms with Crippen LogP contribution in [-0.4, -0.2) is 61.1 Å². The Morgan fingerprint density at radius 3 is 2.63 bits per heavy atom. The highest BCUT2D eigenvalue weighted by Crippen LogP contribution is 2.33. The van der Waals surface area contributed by atoms with Crippen LogP contribution in [-0.2, 0) is 21.4 Å². The van der Waals surface area contributed by atoms with Crippen molar-refractivity contribution < 1.29 is 19.2 Å². The molecule has 0 radical (unpaired) electrons. The molecule has 0 spiro atoms. The largest absolute Gasteiger partial charge is 0.468 e. The smallest absolute Gasteiger partial charge is 0.357 e. The van der Waals surface area contributed by atoms with Gasteiger partial charge in [-0.3, -0.25) is 9.48 Å². The molecule has 1 fully saturated rings. The van der Waals surface area contributed by atoms with E-state index in [0.29, 0.717) is 29.9 Å². The fourth-order valence-corrected chi connectivity index (χ4v) is 4.36. The number of carbonyl (C=O) groups is 2. The Kier molecular flexibility index (Phi) is 5.91. The van der Waals surface area contributed by atoms with E-state index in [1.54, 1.807) is 51.9 Å². The highest BCUT2D eigenvalue weighted by molar-refractivity contribution is 5.89. The molecule has 0 saturated carbocycles. The maximum absolute atomic E-state index is 12.7. The Labute approximate surface area is 201 Å². The number of anilines is 1. The summed E-state index contributed by atoms with van der Waals surface area (Å²) in [6.45, 7) is 0.261. The second-order valence-corrected chi connectivity index (χ2v) is 8.46. The summed E-state index contributed by atoms with van der Waals surface area (Å²) in [6.07, 6.45) is 6.41. The number of nitrogen functional groups attached to an aromatic ring is 1. The molecule has 2 atom stereocenters. The van der Waals surface area contributed by atoms with Gasteiger partial charge in [-0.05, 0) is 25.0 Å². The van der Waals surface area contributed by atoms with E-state index >= 15 is 0 Å². The van der Waals surface area contributed by atoms with Crippen molar-refractivity contribution in [1.29, 1.82) is 0 Å². The molecular weight excluding hydrogens is 450 g/mol. The minimum absolute atomic E-state index is 0.136. The lowest BCUT2D eigenvalue weighted by atomic mass is 9.91. The van der Waals surface area contributed by atoms with Crippen LogP contribution >= 0.6 is 0 Å². The molecule has 4 heterocycles. The summed E-state index contributed by atoms with van der Waals surface area (Å²) in [5.41, 5.74) is 9.72. The molecule has 2 N–H and O–H groups in total. The zero-order chi connectivity index (χ0) is 24.5. The molecule has 11 heteroatoms. The van der Waals surface area contributed by atoms with Gasteiger partial charge < -0.3 is 15.3 Å². The van der Waals surface area contributed by atoms with Crippen molar-refractivity contribution in [3.63, 3.8) is 0 Å². The number of carbonyl (C=O) groups excluding carboxylic acids is 2. The fraction of sp³-hybridized carbons (Fsp3) is 0.292. The van der Waals surface area contributed by atoms with E-state index in [-0.39, 0.29) is 12.5 Å². The van der Waals surface area contributed by atoms with Gasteiger partial charge in [0.2, 0.25) is 0 Å². The third kappa shape index (κ3) is 4.33. The summed E-state index contributed by atoms with van der Waals surface area (Å²) in [6, 6.07) is 9.70. The number of hydrogen-bond acceptors (Lipinski definition) is 9. The number of aromatic nitrogens is 5. The van der Waals surface area contributed by atoms with Gasteiger partial charge in [-0.2, -0.15) is 14.7 Å². The van der Waals surface area contributed by atoms with Gasteiger partial charge in [-0.15, -0.1) is 5.06 Å². The maximum atomic E-state index is 12.7. The first kappa shape index (κ1) is 22.5. The summed E-state index contributed by atoms with van der Waals surface area (Å²) in [7, 11) is 3.16. The zero-order valence-corrected chi connectivity index (χ0v) is 19.4. The highest BCUT2D eigenvalue weighted by atomic mass is 16.7. The van der Waals surface area contributed by atoms with Crippen molar-refractivity contribution in [2.45, 2.75) is 24.8 Å². The lowest BCUT2D eigenvalue weighted by molar-refractivity contribution is -0.183. The maximum Gasteiger partial charge on any atom is 0.357 e. The van der Waals surface area contributed by atoms with E-state index in [0.717, 1.165) is 16.8 Å². The lowest BCUT2D eigenvalue weighted by Crippen LogP contribution is -2.48. The highest BCUT2D eigenvalue weighted by Gasteiger charge is 2.38. The van der Waals surface area contributed by atoms with Gasteiger partial charge in [0.1, 0.15) is 11.9 Å². The minimum Gasteiger partial charge on any atom is -0.468 e. The van der Waals surface area contributed by atoms with Gasteiger partial charge in [0.05, 0.1) is 30.8 Å². The average Bonchev–Trinajstić information content (AvgIpc) is 3.50. The molecule has 4 aromatic rings. The number of benzene rings is 1. The number of methoxy groups -OCH3 is 1. The molecule has 1 saturated heterocycles. The van der Waals surface area contributed by atoms with Crippen molar-refractivity contribution in [2.75, 3.05) is 19.4 Å². The first-order valence-corrected chi connectivity index (χ1v) is 11.2. The van der Waals surface area contributed by atoms with Crippen molar-refractivity contribution >= 4 is 23.4 Å². The van der Waals surface area contributed by atoms with Gasteiger partial charge in [-0.25, -0.2) is 9.78 Å². The predicted molar refractivity (Wildman–Crippen MR) is 126 cm³/mol. The van der Waals surface area contributed by atoms with Gasteiger partial charge >= 0.3 is 11.9 Å². The molecule has 5 rings (SSSR count). The van der Waals surface area contributed by atoms with Crippen LogP contribution < -0.4 is 5.73 Å². The molecule has 0 aliphatic carbocycles. The number of nitrogens with zero attached hydrogens (tertiary/aromatic N) is 6. The third-order valence-electron chi connectivity index (χ3n) is 6.17. The third-order valence-corrected chi connectivity index (χ3v) is 6.17. The SMILES string of the molecule is COC(=O)[C@@H]1CC[C@H](c2cc(N)n3ncc(-c4cnn(C)c4)c3n2)CN1OC(=O)c1ccccc1. The van der Waals surface area contributed by atoms with Crippen LogP contribution in [0.1, 0.15) is 34.8 Å². The second kappa shape index (κ2) is 9.18. The monoisotopic (exact) mass is 475 g/mol. The Hall–Kier alpha value is -4.25. The van der Waals surface area contributed by atoms with Crippen LogP contribution in [0.4, 0.5) is 5.82 Å². The molecule has 3 aromatic heterocycles. The van der Waals surface area contributed by atoms with Crippen LogP contribution in [0, 0.1) is 0 Å². The van der Waals surface area contributed by atoms with Crippen molar-refractivity contribution in [1.82, 2.24) is 29.4 Å². The van der Waals surface area contributed by atoms with E-state index < -0.39 is 18.0 Å². The van der Waals surface area contributed by atoms with Gasteiger partial charge in [0.15, 0.2) is 5.65 Å². The standard InChI is InChI=1S/C24H25N7O4/c1-29-13-17(11-26-29)18-12-27-31-21(25)10-19(28-22(18)31)16-8-9-20(24(33)34-2)30(14-16)35-23(32)15-6-4-3-5-7-15/h3-7,10-13,16,20H,8-9,14,25H2,1-2H3/t16-,20-/m0/s1. The molecular formula is C24H25N7O4. The molecule has 0 amide bonds. The van der Waals surface area contributed by atoms with Crippen LogP contribution in [0.25, 0.3) is 16.8 Å². The number of hydrogen-bond donors (Lipinski definition) is 1. The van der Waals surface area contributed by atoms with Crippen molar-refractivity contribution in [3.05, 3.63) is 66.2 Å².